The van der Waals surface area contributed by atoms with E-state index in [-0.39, 0.29) is 0 Å². The molecule has 102 valence electrons. The van der Waals surface area contributed by atoms with Crippen molar-refractivity contribution in [2.45, 2.75) is 18.1 Å². The number of rotatable bonds is 5. The highest BCUT2D eigenvalue weighted by Crippen LogP contribution is 2.28. The number of methoxy groups -OCH3 is 1. The molecule has 2 atom stereocenters. The van der Waals surface area contributed by atoms with E-state index in [0.717, 1.165) is 6.26 Å². The van der Waals surface area contributed by atoms with Crippen molar-refractivity contribution >= 4 is 15.6 Å². The summed E-state index contributed by atoms with van der Waals surface area (Å²) < 4.78 is 27.9. The van der Waals surface area contributed by atoms with E-state index in [1.807, 2.05) is 6.07 Å². The number of ether oxygens (including phenoxy) is 1. The fourth-order valence-electron chi connectivity index (χ4n) is 1.64. The molecule has 0 saturated carbocycles. The highest BCUT2D eigenvalue weighted by Gasteiger charge is 2.32. The second kappa shape index (κ2) is 5.85. The fraction of sp³-hybridized carbons (Fsp3) is 0.385. The maximum absolute atomic E-state index is 12.1. The van der Waals surface area contributed by atoms with Crippen LogP contribution in [0.5, 0.6) is 5.75 Å². The third kappa shape index (κ3) is 3.32. The highest BCUT2D eigenvalue weighted by atomic mass is 32.2. The van der Waals surface area contributed by atoms with E-state index >= 15 is 0 Å². The average molecular weight is 281 g/mol. The lowest BCUT2D eigenvalue weighted by molar-refractivity contribution is -0.118. The molecule has 1 aromatic rings. The minimum absolute atomic E-state index is 0.382. The third-order valence-corrected chi connectivity index (χ3v) is 4.42. The summed E-state index contributed by atoms with van der Waals surface area (Å²) in [5, 5.41) is 7.94. The van der Waals surface area contributed by atoms with Gasteiger partial charge < -0.3 is 4.74 Å². The molecular formula is C13H15NO4S. The van der Waals surface area contributed by atoms with Gasteiger partial charge >= 0.3 is 0 Å². The molecular weight excluding hydrogens is 266 g/mol. The molecule has 0 N–H and O–H groups in total. The lowest BCUT2D eigenvalue weighted by atomic mass is 9.94. The molecule has 0 heterocycles. The van der Waals surface area contributed by atoms with Crippen molar-refractivity contribution in [1.29, 1.82) is 5.26 Å². The quantitative estimate of drug-likeness (QED) is 0.812. The van der Waals surface area contributed by atoms with E-state index in [9.17, 15) is 13.2 Å². The molecule has 1 aromatic carbocycles. The largest absolute Gasteiger partial charge is 0.496 e. The van der Waals surface area contributed by atoms with E-state index in [1.165, 1.54) is 14.0 Å². The standard InChI is InChI=1S/C13H15NO4S/c1-9(19(3,16)17)13(15)11(8-14)10-6-4-5-7-12(10)18-2/h4-7,9,11H,1-3H3. The van der Waals surface area contributed by atoms with Gasteiger partial charge in [0.15, 0.2) is 15.6 Å². The Morgan fingerprint density at radius 3 is 2.42 bits per heavy atom. The van der Waals surface area contributed by atoms with Crippen molar-refractivity contribution in [2.24, 2.45) is 0 Å². The number of hydrogen-bond donors (Lipinski definition) is 0. The van der Waals surface area contributed by atoms with E-state index in [4.69, 9.17) is 10.00 Å². The number of Topliss-reactive ketones (excluding diaryl/α,β-unsaturated/α-hetero) is 1. The zero-order chi connectivity index (χ0) is 14.6. The van der Waals surface area contributed by atoms with Crippen LogP contribution in [0.15, 0.2) is 24.3 Å². The Hall–Kier alpha value is -1.87. The van der Waals surface area contributed by atoms with Crippen LogP contribution in [0, 0.1) is 11.3 Å². The number of benzene rings is 1. The number of ketones is 1. The van der Waals surface area contributed by atoms with E-state index in [0.29, 0.717) is 11.3 Å². The second-order valence-corrected chi connectivity index (χ2v) is 6.54. The van der Waals surface area contributed by atoms with Crippen LogP contribution >= 0.6 is 0 Å². The summed E-state index contributed by atoms with van der Waals surface area (Å²) >= 11 is 0. The van der Waals surface area contributed by atoms with Gasteiger partial charge in [0.05, 0.1) is 13.2 Å². The van der Waals surface area contributed by atoms with Gasteiger partial charge in [-0.3, -0.25) is 4.79 Å². The maximum Gasteiger partial charge on any atom is 0.172 e. The van der Waals surface area contributed by atoms with Gasteiger partial charge in [-0.2, -0.15) is 5.26 Å². The number of hydrogen-bond acceptors (Lipinski definition) is 5. The topological polar surface area (TPSA) is 84.2 Å². The van der Waals surface area contributed by atoms with Crippen molar-refractivity contribution in [3.05, 3.63) is 29.8 Å². The van der Waals surface area contributed by atoms with Gasteiger partial charge in [-0.1, -0.05) is 18.2 Å². The number of carbonyl (C=O) groups is 1. The summed E-state index contributed by atoms with van der Waals surface area (Å²) in [5.74, 6) is -1.40. The minimum atomic E-state index is -3.53. The molecule has 0 aliphatic rings. The Labute approximate surface area is 112 Å². The van der Waals surface area contributed by atoms with Gasteiger partial charge in [-0.25, -0.2) is 8.42 Å². The van der Waals surface area contributed by atoms with Crippen LogP contribution in [0.25, 0.3) is 0 Å². The number of carbonyl (C=O) groups excluding carboxylic acids is 1. The Bertz CT molecular complexity index is 616. The first-order valence-corrected chi connectivity index (χ1v) is 7.53. The summed E-state index contributed by atoms with van der Waals surface area (Å²) in [6.07, 6.45) is 0.978. The molecule has 5 nitrogen and oxygen atoms in total. The molecule has 0 fully saturated rings. The molecule has 2 unspecified atom stereocenters. The molecule has 0 radical (unpaired) electrons. The maximum atomic E-state index is 12.1. The molecule has 0 amide bonds. The lowest BCUT2D eigenvalue weighted by Crippen LogP contribution is -2.30. The minimum Gasteiger partial charge on any atom is -0.496 e. The van der Waals surface area contributed by atoms with Gasteiger partial charge in [0, 0.05) is 11.8 Å². The molecule has 0 aliphatic heterocycles. The molecule has 1 rings (SSSR count). The molecule has 0 saturated heterocycles. The SMILES string of the molecule is COc1ccccc1C(C#N)C(=O)C(C)S(C)(=O)=O. The van der Waals surface area contributed by atoms with Crippen LogP contribution < -0.4 is 4.74 Å². The second-order valence-electron chi connectivity index (χ2n) is 4.18. The Morgan fingerprint density at radius 2 is 1.95 bits per heavy atom. The van der Waals surface area contributed by atoms with Gasteiger partial charge in [-0.15, -0.1) is 0 Å². The Morgan fingerprint density at radius 1 is 1.37 bits per heavy atom. The normalized spacial score (nSPS) is 14.2. The summed E-state index contributed by atoms with van der Waals surface area (Å²) in [5.41, 5.74) is 0.382. The molecule has 19 heavy (non-hydrogen) atoms. The summed E-state index contributed by atoms with van der Waals surface area (Å²) in [6, 6.07) is 8.43. The van der Waals surface area contributed by atoms with Crippen LogP contribution in [0.2, 0.25) is 0 Å². The first-order chi connectivity index (χ1) is 8.82. The van der Waals surface area contributed by atoms with Gasteiger partial charge in [0.25, 0.3) is 0 Å². The predicted octanol–water partition coefficient (Wildman–Crippen LogP) is 1.30. The molecule has 0 aromatic heterocycles. The van der Waals surface area contributed by atoms with Crippen LogP contribution in [-0.4, -0.2) is 32.8 Å². The van der Waals surface area contributed by atoms with Crippen molar-refractivity contribution in [3.8, 4) is 11.8 Å². The van der Waals surface area contributed by atoms with Gasteiger partial charge in [-0.05, 0) is 13.0 Å². The first-order valence-electron chi connectivity index (χ1n) is 5.58. The number of nitrogens with zero attached hydrogens (tertiary/aromatic N) is 1. The van der Waals surface area contributed by atoms with Crippen LogP contribution in [-0.2, 0) is 14.6 Å². The highest BCUT2D eigenvalue weighted by molar-refractivity contribution is 7.92. The summed E-state index contributed by atoms with van der Waals surface area (Å²) in [4.78, 5) is 12.1. The zero-order valence-corrected chi connectivity index (χ0v) is 11.8. The monoisotopic (exact) mass is 281 g/mol. The van der Waals surface area contributed by atoms with E-state index < -0.39 is 26.8 Å². The fourth-order valence-corrected chi connectivity index (χ4v) is 2.20. The van der Waals surface area contributed by atoms with Crippen LogP contribution in [0.1, 0.15) is 18.4 Å². The predicted molar refractivity (Wildman–Crippen MR) is 70.7 cm³/mol. The number of para-hydroxylation sites is 1. The number of nitriles is 1. The van der Waals surface area contributed by atoms with Crippen molar-refractivity contribution in [1.82, 2.24) is 0 Å². The van der Waals surface area contributed by atoms with Gasteiger partial charge in [0.2, 0.25) is 0 Å². The zero-order valence-electron chi connectivity index (χ0n) is 11.0. The van der Waals surface area contributed by atoms with Crippen molar-refractivity contribution in [2.75, 3.05) is 13.4 Å². The molecule has 0 bridgehead atoms. The first kappa shape index (κ1) is 15.2. The number of sulfone groups is 1. The molecule has 6 heteroatoms. The Kier molecular flexibility index (Phi) is 4.67. The summed E-state index contributed by atoms with van der Waals surface area (Å²) in [7, 11) is -2.10. The average Bonchev–Trinajstić information content (AvgIpc) is 2.38. The van der Waals surface area contributed by atoms with E-state index in [1.54, 1.807) is 24.3 Å². The summed E-state index contributed by atoms with van der Waals surface area (Å²) in [6.45, 7) is 1.29. The van der Waals surface area contributed by atoms with E-state index in [2.05, 4.69) is 0 Å². The third-order valence-electron chi connectivity index (χ3n) is 2.91. The van der Waals surface area contributed by atoms with Crippen LogP contribution in [0.4, 0.5) is 0 Å². The van der Waals surface area contributed by atoms with Crippen molar-refractivity contribution < 1.29 is 17.9 Å². The Balaban J connectivity index is 3.23. The van der Waals surface area contributed by atoms with Crippen molar-refractivity contribution in [3.63, 3.8) is 0 Å². The molecule has 0 aliphatic carbocycles. The van der Waals surface area contributed by atoms with Gasteiger partial charge in [0.1, 0.15) is 16.9 Å². The smallest absolute Gasteiger partial charge is 0.172 e. The van der Waals surface area contributed by atoms with Crippen LogP contribution in [0.3, 0.4) is 0 Å². The molecule has 0 spiro atoms. The lowest BCUT2D eigenvalue weighted by Gasteiger charge is -2.15.